The monoisotopic (exact) mass is 445 g/mol. The molecule has 0 spiro atoms. The Labute approximate surface area is 170 Å². The predicted molar refractivity (Wildman–Crippen MR) is 107 cm³/mol. The number of halogens is 1. The summed E-state index contributed by atoms with van der Waals surface area (Å²) in [6.45, 7) is 5.98. The smallest absolute Gasteiger partial charge is 0.338 e. The normalized spacial score (nSPS) is 12.0. The van der Waals surface area contributed by atoms with Crippen molar-refractivity contribution in [3.63, 3.8) is 0 Å². The van der Waals surface area contributed by atoms with Crippen LogP contribution in [0.1, 0.15) is 40.3 Å². The molecule has 8 nitrogen and oxygen atoms in total. The lowest BCUT2D eigenvalue weighted by Crippen LogP contribution is -2.24. The maximum absolute atomic E-state index is 12.6. The van der Waals surface area contributed by atoms with Crippen LogP contribution in [0.2, 0.25) is 0 Å². The molecule has 2 aromatic heterocycles. The van der Waals surface area contributed by atoms with Crippen LogP contribution in [-0.2, 0) is 11.3 Å². The molecule has 0 aliphatic rings. The number of nitrogens with one attached hydrogen (secondary N) is 1. The Morgan fingerprint density at radius 3 is 2.54 bits per heavy atom. The molecular formula is C19H20BrN5O3. The molecule has 0 saturated carbocycles. The van der Waals surface area contributed by atoms with Gasteiger partial charge >= 0.3 is 5.97 Å². The van der Waals surface area contributed by atoms with Crippen LogP contribution in [-0.4, -0.2) is 36.5 Å². The van der Waals surface area contributed by atoms with Gasteiger partial charge in [-0.2, -0.15) is 10.2 Å². The van der Waals surface area contributed by atoms with Gasteiger partial charge in [0, 0.05) is 10.7 Å². The first-order valence-electron chi connectivity index (χ1n) is 8.63. The minimum absolute atomic E-state index is 0.0364. The summed E-state index contributed by atoms with van der Waals surface area (Å²) < 4.78 is 4.18. The molecule has 1 atom stereocenters. The van der Waals surface area contributed by atoms with Gasteiger partial charge in [-0.15, -0.1) is 0 Å². The first kappa shape index (κ1) is 19.8. The average molecular weight is 446 g/mol. The largest absolute Gasteiger partial charge is 0.478 e. The van der Waals surface area contributed by atoms with Crippen LogP contribution in [0.25, 0.3) is 0 Å². The summed E-state index contributed by atoms with van der Waals surface area (Å²) in [5, 5.41) is 20.4. The fraction of sp³-hybridized carbons (Fsp3) is 0.263. The number of aromatic nitrogens is 4. The van der Waals surface area contributed by atoms with Crippen LogP contribution < -0.4 is 5.32 Å². The molecule has 1 unspecified atom stereocenters. The zero-order chi connectivity index (χ0) is 20.4. The van der Waals surface area contributed by atoms with E-state index in [9.17, 15) is 9.59 Å². The summed E-state index contributed by atoms with van der Waals surface area (Å²) >= 11 is 3.42. The molecule has 1 amide bonds. The molecule has 0 bridgehead atoms. The summed E-state index contributed by atoms with van der Waals surface area (Å²) in [7, 11) is 0. The van der Waals surface area contributed by atoms with Gasteiger partial charge in [-0.1, -0.05) is 28.1 Å². The van der Waals surface area contributed by atoms with Crippen molar-refractivity contribution >= 4 is 33.5 Å². The molecule has 0 fully saturated rings. The highest BCUT2D eigenvalue weighted by molar-refractivity contribution is 9.10. The third-order valence-corrected chi connectivity index (χ3v) is 5.03. The van der Waals surface area contributed by atoms with Gasteiger partial charge < -0.3 is 10.4 Å². The number of amides is 1. The van der Waals surface area contributed by atoms with Crippen molar-refractivity contribution in [3.8, 4) is 0 Å². The van der Waals surface area contributed by atoms with Gasteiger partial charge in [-0.25, -0.2) is 4.79 Å². The molecule has 0 aliphatic heterocycles. The second kappa shape index (κ2) is 7.97. The SMILES string of the molecule is Cc1nn(Cc2ccc(Br)cc2)c(C)c1NC(=O)C(C)n1cc(C(=O)O)cn1. The Balaban J connectivity index is 1.76. The lowest BCUT2D eigenvalue weighted by Gasteiger charge is -2.13. The van der Waals surface area contributed by atoms with Crippen LogP contribution in [0.3, 0.4) is 0 Å². The van der Waals surface area contributed by atoms with E-state index in [1.807, 2.05) is 42.8 Å². The zero-order valence-electron chi connectivity index (χ0n) is 15.7. The molecule has 9 heteroatoms. The number of aryl methyl sites for hydroxylation is 1. The molecule has 0 aliphatic carbocycles. The van der Waals surface area contributed by atoms with Crippen molar-refractivity contribution in [3.05, 3.63) is 63.6 Å². The molecule has 0 radical (unpaired) electrons. The van der Waals surface area contributed by atoms with E-state index < -0.39 is 12.0 Å². The Kier molecular flexibility index (Phi) is 5.64. The fourth-order valence-corrected chi connectivity index (χ4v) is 3.07. The third kappa shape index (κ3) is 4.14. The molecule has 28 heavy (non-hydrogen) atoms. The first-order chi connectivity index (χ1) is 13.3. The number of hydrogen-bond donors (Lipinski definition) is 2. The van der Waals surface area contributed by atoms with Crippen molar-refractivity contribution in [1.82, 2.24) is 19.6 Å². The highest BCUT2D eigenvalue weighted by Gasteiger charge is 2.21. The Bertz CT molecular complexity index is 1020. The first-order valence-corrected chi connectivity index (χ1v) is 9.42. The van der Waals surface area contributed by atoms with Gasteiger partial charge in [0.15, 0.2) is 0 Å². The number of carboxylic acid groups (broad SMARTS) is 1. The zero-order valence-corrected chi connectivity index (χ0v) is 17.3. The highest BCUT2D eigenvalue weighted by Crippen LogP contribution is 2.22. The van der Waals surface area contributed by atoms with Crippen molar-refractivity contribution in [2.24, 2.45) is 0 Å². The second-order valence-electron chi connectivity index (χ2n) is 6.51. The van der Waals surface area contributed by atoms with Gasteiger partial charge in [0.2, 0.25) is 5.91 Å². The molecule has 146 valence electrons. The molecule has 3 aromatic rings. The number of carboxylic acids is 1. The molecule has 3 rings (SSSR count). The van der Waals surface area contributed by atoms with Crippen LogP contribution in [0, 0.1) is 13.8 Å². The maximum Gasteiger partial charge on any atom is 0.338 e. The van der Waals surface area contributed by atoms with E-state index in [0.717, 1.165) is 15.7 Å². The number of hydrogen-bond acceptors (Lipinski definition) is 4. The Hall–Kier alpha value is -2.94. The van der Waals surface area contributed by atoms with E-state index in [4.69, 9.17) is 5.11 Å². The average Bonchev–Trinajstić information content (AvgIpc) is 3.24. The van der Waals surface area contributed by atoms with Gasteiger partial charge in [0.05, 0.1) is 35.4 Å². The third-order valence-electron chi connectivity index (χ3n) is 4.50. The Morgan fingerprint density at radius 1 is 1.25 bits per heavy atom. The molecular weight excluding hydrogens is 426 g/mol. The van der Waals surface area contributed by atoms with Crippen molar-refractivity contribution in [2.45, 2.75) is 33.4 Å². The van der Waals surface area contributed by atoms with Gasteiger partial charge in [0.1, 0.15) is 6.04 Å². The van der Waals surface area contributed by atoms with E-state index in [-0.39, 0.29) is 11.5 Å². The number of benzene rings is 1. The van der Waals surface area contributed by atoms with E-state index in [1.165, 1.54) is 17.1 Å². The molecule has 2 N–H and O–H groups in total. The van der Waals surface area contributed by atoms with Gasteiger partial charge in [-0.3, -0.25) is 14.2 Å². The summed E-state index contributed by atoms with van der Waals surface area (Å²) in [5.74, 6) is -1.38. The maximum atomic E-state index is 12.6. The standard InChI is InChI=1S/C19H20BrN5O3/c1-11-17(12(2)25(23-11)9-14-4-6-16(20)7-5-14)22-18(26)13(3)24-10-15(8-21-24)19(27)28/h4-8,10,13H,9H2,1-3H3,(H,22,26)(H,27,28). The summed E-state index contributed by atoms with van der Waals surface area (Å²) in [6.07, 6.45) is 2.56. The van der Waals surface area contributed by atoms with E-state index in [2.05, 4.69) is 31.4 Å². The topological polar surface area (TPSA) is 102 Å². The van der Waals surface area contributed by atoms with E-state index >= 15 is 0 Å². The summed E-state index contributed by atoms with van der Waals surface area (Å²) in [6, 6.07) is 7.31. The quantitative estimate of drug-likeness (QED) is 0.605. The minimum atomic E-state index is -1.08. The van der Waals surface area contributed by atoms with Crippen molar-refractivity contribution in [1.29, 1.82) is 0 Å². The van der Waals surface area contributed by atoms with E-state index in [1.54, 1.807) is 6.92 Å². The number of rotatable bonds is 6. The number of carbonyl (C=O) groups excluding carboxylic acids is 1. The minimum Gasteiger partial charge on any atom is -0.478 e. The van der Waals surface area contributed by atoms with Gasteiger partial charge in [0.25, 0.3) is 0 Å². The summed E-state index contributed by atoms with van der Waals surface area (Å²) in [4.78, 5) is 23.6. The van der Waals surface area contributed by atoms with Crippen LogP contribution in [0.5, 0.6) is 0 Å². The molecule has 0 saturated heterocycles. The highest BCUT2D eigenvalue weighted by atomic mass is 79.9. The lowest BCUT2D eigenvalue weighted by molar-refractivity contribution is -0.119. The molecule has 2 heterocycles. The van der Waals surface area contributed by atoms with Crippen LogP contribution in [0.4, 0.5) is 5.69 Å². The van der Waals surface area contributed by atoms with Crippen molar-refractivity contribution in [2.75, 3.05) is 5.32 Å². The van der Waals surface area contributed by atoms with E-state index in [0.29, 0.717) is 17.9 Å². The van der Waals surface area contributed by atoms with Gasteiger partial charge in [-0.05, 0) is 38.5 Å². The molecule has 1 aromatic carbocycles. The van der Waals surface area contributed by atoms with Crippen LogP contribution in [0.15, 0.2) is 41.1 Å². The Morgan fingerprint density at radius 2 is 1.93 bits per heavy atom. The number of carbonyl (C=O) groups is 2. The lowest BCUT2D eigenvalue weighted by atomic mass is 10.2. The predicted octanol–water partition coefficient (Wildman–Crippen LogP) is 3.41. The van der Waals surface area contributed by atoms with Crippen molar-refractivity contribution < 1.29 is 14.7 Å². The fourth-order valence-electron chi connectivity index (χ4n) is 2.80. The second-order valence-corrected chi connectivity index (χ2v) is 7.43. The number of nitrogens with zero attached hydrogens (tertiary/aromatic N) is 4. The number of aromatic carboxylic acids is 1. The number of anilines is 1. The summed E-state index contributed by atoms with van der Waals surface area (Å²) in [5.41, 5.74) is 3.33. The van der Waals surface area contributed by atoms with Crippen LogP contribution >= 0.6 is 15.9 Å².